The maximum Gasteiger partial charge on any atom is 0.315 e. The first-order chi connectivity index (χ1) is 14.7. The van der Waals surface area contributed by atoms with Crippen molar-refractivity contribution in [2.75, 3.05) is 13.2 Å². The molecule has 2 aromatic rings. The summed E-state index contributed by atoms with van der Waals surface area (Å²) in [6.07, 6.45) is 0. The second-order valence-corrected chi connectivity index (χ2v) is 9.55. The summed E-state index contributed by atoms with van der Waals surface area (Å²) in [5.41, 5.74) is 2.48. The van der Waals surface area contributed by atoms with Gasteiger partial charge in [-0.3, -0.25) is 0 Å². The fourth-order valence-corrected chi connectivity index (χ4v) is 4.65. The Labute approximate surface area is 183 Å². The molecule has 1 aliphatic rings. The van der Waals surface area contributed by atoms with Crippen LogP contribution in [-0.2, 0) is 22.3 Å². The molecule has 0 saturated heterocycles. The number of carbonyl (C=O) groups is 1. The largest absolute Gasteiger partial charge is 0.486 e. The van der Waals surface area contributed by atoms with E-state index >= 15 is 0 Å². The number of hydrogen-bond donors (Lipinski definition) is 3. The molecule has 0 saturated carbocycles. The third-order valence-corrected chi connectivity index (χ3v) is 6.21. The molecular weight excluding hydrogens is 418 g/mol. The monoisotopic (exact) mass is 447 g/mol. The van der Waals surface area contributed by atoms with Gasteiger partial charge in [-0.2, -0.15) is 0 Å². The molecule has 0 bridgehead atoms. The number of fused-ring (bicyclic) bond motifs is 1. The SMILES string of the molecule is CC(C)NS(=O)(=O)Cc1ccc(CNC(=O)N[C@@H](C)c2ccc3c(c2)OCCO3)cc1. The van der Waals surface area contributed by atoms with Crippen molar-refractivity contribution in [3.63, 3.8) is 0 Å². The third-order valence-electron chi connectivity index (χ3n) is 4.66. The van der Waals surface area contributed by atoms with Crippen molar-refractivity contribution in [1.82, 2.24) is 15.4 Å². The van der Waals surface area contributed by atoms with E-state index < -0.39 is 10.0 Å². The Morgan fingerprint density at radius 3 is 2.29 bits per heavy atom. The zero-order valence-corrected chi connectivity index (χ0v) is 18.8. The number of nitrogens with one attached hydrogen (secondary N) is 3. The van der Waals surface area contributed by atoms with Crippen LogP contribution in [0.1, 0.15) is 43.5 Å². The first-order valence-electron chi connectivity index (χ1n) is 10.2. The molecule has 2 aromatic carbocycles. The van der Waals surface area contributed by atoms with Crippen LogP contribution >= 0.6 is 0 Å². The number of urea groups is 1. The molecule has 2 amide bonds. The van der Waals surface area contributed by atoms with Crippen molar-refractivity contribution < 1.29 is 22.7 Å². The van der Waals surface area contributed by atoms with Crippen LogP contribution < -0.4 is 24.8 Å². The summed E-state index contributed by atoms with van der Waals surface area (Å²) in [5.74, 6) is 1.32. The van der Waals surface area contributed by atoms with Crippen LogP contribution in [0.15, 0.2) is 42.5 Å². The average Bonchev–Trinajstić information content (AvgIpc) is 2.71. The number of amides is 2. The second kappa shape index (κ2) is 10.0. The predicted octanol–water partition coefficient (Wildman–Crippen LogP) is 2.85. The van der Waals surface area contributed by atoms with E-state index in [1.165, 1.54) is 0 Å². The number of benzene rings is 2. The summed E-state index contributed by atoms with van der Waals surface area (Å²) in [4.78, 5) is 12.3. The van der Waals surface area contributed by atoms with E-state index in [-0.39, 0.29) is 23.9 Å². The second-order valence-electron chi connectivity index (χ2n) is 7.80. The van der Waals surface area contributed by atoms with Crippen molar-refractivity contribution in [1.29, 1.82) is 0 Å². The molecule has 31 heavy (non-hydrogen) atoms. The minimum absolute atomic E-state index is 0.0770. The lowest BCUT2D eigenvalue weighted by Crippen LogP contribution is -2.36. The highest BCUT2D eigenvalue weighted by atomic mass is 32.2. The number of sulfonamides is 1. The van der Waals surface area contributed by atoms with Gasteiger partial charge in [-0.05, 0) is 49.6 Å². The van der Waals surface area contributed by atoms with Gasteiger partial charge in [0.15, 0.2) is 11.5 Å². The fraction of sp³-hybridized carbons (Fsp3) is 0.409. The first-order valence-corrected chi connectivity index (χ1v) is 11.9. The van der Waals surface area contributed by atoms with Crippen molar-refractivity contribution in [2.24, 2.45) is 0 Å². The summed E-state index contributed by atoms with van der Waals surface area (Å²) in [7, 11) is -3.36. The van der Waals surface area contributed by atoms with E-state index in [1.54, 1.807) is 26.0 Å². The molecule has 0 spiro atoms. The van der Waals surface area contributed by atoms with E-state index in [9.17, 15) is 13.2 Å². The summed E-state index contributed by atoms with van der Waals surface area (Å²) in [6, 6.07) is 12.1. The zero-order valence-electron chi connectivity index (χ0n) is 18.0. The van der Waals surface area contributed by atoms with Crippen LogP contribution in [0.25, 0.3) is 0 Å². The van der Waals surface area contributed by atoms with Gasteiger partial charge >= 0.3 is 6.03 Å². The average molecular weight is 448 g/mol. The lowest BCUT2D eigenvalue weighted by atomic mass is 10.1. The lowest BCUT2D eigenvalue weighted by Gasteiger charge is -2.21. The maximum absolute atomic E-state index is 12.3. The molecule has 3 N–H and O–H groups in total. The Bertz CT molecular complexity index is 1010. The number of rotatable bonds is 8. The van der Waals surface area contributed by atoms with Crippen LogP contribution in [-0.4, -0.2) is 33.7 Å². The number of ether oxygens (including phenoxy) is 2. The number of carbonyl (C=O) groups excluding carboxylic acids is 1. The minimum atomic E-state index is -3.36. The lowest BCUT2D eigenvalue weighted by molar-refractivity contribution is 0.171. The highest BCUT2D eigenvalue weighted by molar-refractivity contribution is 7.88. The van der Waals surface area contributed by atoms with E-state index in [2.05, 4.69) is 15.4 Å². The molecule has 3 rings (SSSR count). The van der Waals surface area contributed by atoms with E-state index in [0.717, 1.165) is 11.1 Å². The molecular formula is C22H29N3O5S. The Balaban J connectivity index is 1.49. The topological polar surface area (TPSA) is 106 Å². The quantitative estimate of drug-likeness (QED) is 0.577. The highest BCUT2D eigenvalue weighted by Crippen LogP contribution is 2.32. The molecule has 0 aliphatic carbocycles. The standard InChI is InChI=1S/C22H29N3O5S/c1-15(2)25-31(27,28)14-18-6-4-17(5-7-18)13-23-22(26)24-16(3)19-8-9-20-21(12-19)30-11-10-29-20/h4-9,12,15-16,25H,10-11,13-14H2,1-3H3,(H2,23,24,26)/t16-/m0/s1. The minimum Gasteiger partial charge on any atom is -0.486 e. The van der Waals surface area contributed by atoms with E-state index in [0.29, 0.717) is 36.8 Å². The molecule has 1 atom stereocenters. The van der Waals surface area contributed by atoms with Crippen LogP contribution in [0, 0.1) is 0 Å². The molecule has 1 aliphatic heterocycles. The summed E-state index contributed by atoms with van der Waals surface area (Å²) in [6.45, 7) is 6.84. The molecule has 168 valence electrons. The summed E-state index contributed by atoms with van der Waals surface area (Å²) >= 11 is 0. The van der Waals surface area contributed by atoms with Crippen molar-refractivity contribution >= 4 is 16.1 Å². The van der Waals surface area contributed by atoms with Crippen molar-refractivity contribution in [3.05, 3.63) is 59.2 Å². The van der Waals surface area contributed by atoms with Gasteiger partial charge in [0.05, 0.1) is 11.8 Å². The molecule has 8 nitrogen and oxygen atoms in total. The summed E-state index contributed by atoms with van der Waals surface area (Å²) in [5, 5.41) is 5.72. The van der Waals surface area contributed by atoms with Crippen LogP contribution in [0.5, 0.6) is 11.5 Å². The van der Waals surface area contributed by atoms with Gasteiger partial charge in [0.25, 0.3) is 0 Å². The molecule has 0 aromatic heterocycles. The van der Waals surface area contributed by atoms with Crippen LogP contribution in [0.4, 0.5) is 4.79 Å². The van der Waals surface area contributed by atoms with Gasteiger partial charge in [-0.15, -0.1) is 0 Å². The predicted molar refractivity (Wildman–Crippen MR) is 119 cm³/mol. The van der Waals surface area contributed by atoms with Gasteiger partial charge in [-0.25, -0.2) is 17.9 Å². The van der Waals surface area contributed by atoms with Gasteiger partial charge in [0.1, 0.15) is 13.2 Å². The molecule has 1 heterocycles. The van der Waals surface area contributed by atoms with Gasteiger partial charge < -0.3 is 20.1 Å². The third kappa shape index (κ3) is 6.86. The highest BCUT2D eigenvalue weighted by Gasteiger charge is 2.16. The Hall–Kier alpha value is -2.78. The fourth-order valence-electron chi connectivity index (χ4n) is 3.22. The first kappa shape index (κ1) is 22.9. The normalized spacial score (nSPS) is 14.2. The molecule has 0 radical (unpaired) electrons. The van der Waals surface area contributed by atoms with E-state index in [4.69, 9.17) is 9.47 Å². The molecule has 0 unspecified atom stereocenters. The van der Waals surface area contributed by atoms with Crippen LogP contribution in [0.2, 0.25) is 0 Å². The Kier molecular flexibility index (Phi) is 7.40. The van der Waals surface area contributed by atoms with Crippen molar-refractivity contribution in [3.8, 4) is 11.5 Å². The van der Waals surface area contributed by atoms with Gasteiger partial charge in [0, 0.05) is 12.6 Å². The smallest absolute Gasteiger partial charge is 0.315 e. The van der Waals surface area contributed by atoms with Crippen LogP contribution in [0.3, 0.4) is 0 Å². The Morgan fingerprint density at radius 2 is 1.61 bits per heavy atom. The number of hydrogen-bond acceptors (Lipinski definition) is 5. The zero-order chi connectivity index (χ0) is 22.4. The Morgan fingerprint density at radius 1 is 0.968 bits per heavy atom. The van der Waals surface area contributed by atoms with Crippen molar-refractivity contribution in [2.45, 2.75) is 45.2 Å². The van der Waals surface area contributed by atoms with Gasteiger partial charge in [-0.1, -0.05) is 30.3 Å². The van der Waals surface area contributed by atoms with E-state index in [1.807, 2.05) is 37.3 Å². The molecule has 0 fully saturated rings. The maximum atomic E-state index is 12.3. The van der Waals surface area contributed by atoms with Gasteiger partial charge in [0.2, 0.25) is 10.0 Å². The molecule has 9 heteroatoms. The summed E-state index contributed by atoms with van der Waals surface area (Å²) < 4.78 is 37.7.